The van der Waals surface area contributed by atoms with Gasteiger partial charge in [0.1, 0.15) is 52.1 Å². The van der Waals surface area contributed by atoms with Crippen LogP contribution in [0.15, 0.2) is 280 Å². The molecule has 103 heavy (non-hydrogen) atoms. The second-order valence-corrected chi connectivity index (χ2v) is 27.7. The molecule has 26 rings (SSSR count). The number of benzene rings is 6. The van der Waals surface area contributed by atoms with Crippen LogP contribution in [0.1, 0.15) is 31.9 Å². The monoisotopic (exact) mass is 1360 g/mol. The van der Waals surface area contributed by atoms with Crippen molar-refractivity contribution in [2.45, 2.75) is 32.7 Å². The van der Waals surface area contributed by atoms with Crippen molar-refractivity contribution in [1.82, 2.24) is 60.6 Å². The van der Waals surface area contributed by atoms with Crippen LogP contribution in [0.5, 0.6) is 0 Å². The van der Waals surface area contributed by atoms with Gasteiger partial charge in [0.05, 0.1) is 107 Å². The van der Waals surface area contributed by atoms with E-state index in [-0.39, 0.29) is 0 Å². The van der Waals surface area contributed by atoms with E-state index in [2.05, 4.69) is 234 Å². The van der Waals surface area contributed by atoms with Crippen LogP contribution in [-0.4, -0.2) is 60.6 Å². The van der Waals surface area contributed by atoms with Crippen molar-refractivity contribution in [3.05, 3.63) is 303 Å². The van der Waals surface area contributed by atoms with Crippen molar-refractivity contribution in [2.75, 3.05) is 0 Å². The van der Waals surface area contributed by atoms with E-state index >= 15 is 0 Å². The van der Waals surface area contributed by atoms with Crippen molar-refractivity contribution >= 4 is 93.3 Å². The highest BCUT2D eigenvalue weighted by Crippen LogP contribution is 2.41. The van der Waals surface area contributed by atoms with Gasteiger partial charge in [-0.1, -0.05) is 121 Å². The first kappa shape index (κ1) is 54.5. The minimum atomic E-state index is -2.25. The second-order valence-electron chi connectivity index (χ2n) is 26.7. The minimum absolute atomic E-state index is 0.690. The van der Waals surface area contributed by atoms with Gasteiger partial charge in [0.15, 0.2) is 35.2 Å². The summed E-state index contributed by atoms with van der Waals surface area (Å²) < 4.78 is 59.6. The fourth-order valence-electron chi connectivity index (χ4n) is 16.7. The molecule has 15 aromatic heterocycles. The van der Waals surface area contributed by atoms with Gasteiger partial charge in [-0.15, -0.1) is 4.57 Å². The van der Waals surface area contributed by atoms with Crippen molar-refractivity contribution in [2.24, 2.45) is 14.0 Å². The highest BCUT2D eigenvalue weighted by atomic mass is 32.1. The number of aryl methyl sites for hydroxylation is 2. The Balaban J connectivity index is 0.0000000830. The third-order valence-corrected chi connectivity index (χ3v) is 22.3. The van der Waals surface area contributed by atoms with E-state index in [9.17, 15) is 0 Å². The predicted molar refractivity (Wildman–Crippen MR) is 395 cm³/mol. The van der Waals surface area contributed by atoms with E-state index < -0.39 is 6.98 Å². The average molecular weight is 1360 g/mol. The van der Waals surface area contributed by atoms with E-state index in [0.29, 0.717) is 6.54 Å². The number of fused-ring (bicyclic) bond motifs is 35. The Bertz CT molecular complexity index is 7080. The molecule has 6 aromatic carbocycles. The summed E-state index contributed by atoms with van der Waals surface area (Å²) >= 11 is 1.87. The van der Waals surface area contributed by atoms with Crippen LogP contribution < -0.4 is 22.8 Å². The Morgan fingerprint density at radius 2 is 0.903 bits per heavy atom. The fourth-order valence-corrected chi connectivity index (χ4v) is 18.0. The first-order valence-electron chi connectivity index (χ1n) is 35.8. The molecule has 0 atom stereocenters. The summed E-state index contributed by atoms with van der Waals surface area (Å²) in [4.78, 5) is 21.2. The molecule has 0 amide bonds. The molecule has 0 aliphatic carbocycles. The molecule has 0 unspecified atom stereocenters. The maximum Gasteiger partial charge on any atom is 0.382 e. The summed E-state index contributed by atoms with van der Waals surface area (Å²) in [7, 11) is 2.14. The second kappa shape index (κ2) is 22.0. The van der Waals surface area contributed by atoms with Crippen LogP contribution in [-0.2, 0) is 46.7 Å². The van der Waals surface area contributed by atoms with Crippen LogP contribution >= 0.6 is 11.3 Å². The zero-order chi connectivity index (χ0) is 70.2. The Labute approximate surface area is 594 Å². The van der Waals surface area contributed by atoms with Gasteiger partial charge in [0, 0.05) is 89.8 Å². The van der Waals surface area contributed by atoms with Crippen molar-refractivity contribution in [3.8, 4) is 61.9 Å². The average Bonchev–Trinajstić information content (AvgIpc) is 1.57. The maximum atomic E-state index is 8.05. The van der Waals surface area contributed by atoms with Gasteiger partial charge >= 0.3 is 5.89 Å². The van der Waals surface area contributed by atoms with E-state index in [1.807, 2.05) is 121 Å². The van der Waals surface area contributed by atoms with Crippen molar-refractivity contribution < 1.29 is 31.4 Å². The lowest BCUT2D eigenvalue weighted by atomic mass is 10.1. The van der Waals surface area contributed by atoms with Crippen LogP contribution in [0, 0.1) is 0 Å². The number of thiazole rings is 1. The smallest absolute Gasteiger partial charge is 0.382 e. The number of rotatable bonds is 1. The highest BCUT2D eigenvalue weighted by molar-refractivity contribution is 7.21. The number of oxazole rings is 1. The van der Waals surface area contributed by atoms with Crippen molar-refractivity contribution in [3.63, 3.8) is 0 Å². The van der Waals surface area contributed by atoms with Gasteiger partial charge in [-0.2, -0.15) is 9.13 Å². The zero-order valence-electron chi connectivity index (χ0n) is 58.4. The third-order valence-electron chi connectivity index (χ3n) is 21.2. The lowest BCUT2D eigenvalue weighted by Crippen LogP contribution is -2.31. The molecular formula is C83H61N18OS+5. The lowest BCUT2D eigenvalue weighted by molar-refractivity contribution is -0.648. The maximum absolute atomic E-state index is 8.05. The van der Waals surface area contributed by atoms with E-state index in [1.165, 1.54) is 109 Å². The standard InChI is InChI=1S/C21H15N4.2C16H13N4.C15H10N3O.C15H10N3S/c1-2-7-16(8-3-1)25-19-14-23-11-10-22-12-18(23)20(19)24-13-15-6-4-5-9-17(15)21(24)25;1-18-14-10-19-7-6-17-8-13(19)15(14)20-9-11-4-2-3-5-12(11)16(18)20;1-18-15-13-6-7-17-10-19(13)9-14(15)20-8-11-4-2-3-5-12(11)16(18)20;2*1-2-4-11-10(3-1)8-18-14-12-7-16-5-6-17(12)9-13(14)19-15(11)18/h1-12,14H,13H2;2-8,10H,9H2,1H3;2-7,9-10H,8H2,1H3;2*1-7,9H,8H2/q5*+1/i;;1D3;;. The molecule has 20 heterocycles. The van der Waals surface area contributed by atoms with Crippen LogP contribution in [0.4, 0.5) is 0 Å². The van der Waals surface area contributed by atoms with Crippen LogP contribution in [0.2, 0.25) is 0 Å². The summed E-state index contributed by atoms with van der Waals surface area (Å²) in [5.74, 6) is 4.24. The van der Waals surface area contributed by atoms with Gasteiger partial charge in [0.2, 0.25) is 16.6 Å². The highest BCUT2D eigenvalue weighted by Gasteiger charge is 2.40. The number of hydrogen-bond acceptors (Lipinski definition) is 7. The topological polar surface area (TPSA) is 134 Å². The van der Waals surface area contributed by atoms with Crippen LogP contribution in [0.3, 0.4) is 0 Å². The number of hydrogen-bond donors (Lipinski definition) is 0. The first-order chi connectivity index (χ1) is 52.1. The molecule has 20 heteroatoms. The number of imidazole rings is 3. The molecule has 0 fully saturated rings. The molecule has 0 saturated heterocycles. The molecule has 490 valence electrons. The van der Waals surface area contributed by atoms with Gasteiger partial charge in [0.25, 0.3) is 33.5 Å². The number of para-hydroxylation sites is 1. The molecular weight excluding hydrogens is 1300 g/mol. The minimum Gasteiger partial charge on any atom is -0.396 e. The molecule has 21 aromatic rings. The quantitative estimate of drug-likeness (QED) is 0.150. The van der Waals surface area contributed by atoms with Crippen molar-refractivity contribution in [1.29, 1.82) is 0 Å². The molecule has 5 aliphatic rings. The predicted octanol–water partition coefficient (Wildman–Crippen LogP) is 13.1. The lowest BCUT2D eigenvalue weighted by Gasteiger charge is -2.01. The molecule has 0 spiro atoms. The normalized spacial score (nSPS) is 13.5. The fraction of sp³-hybridized carbons (Fsp3) is 0.0843. The molecule has 0 saturated carbocycles. The molecule has 19 nitrogen and oxygen atoms in total. The van der Waals surface area contributed by atoms with Gasteiger partial charge in [-0.05, 0) is 48.5 Å². The largest absolute Gasteiger partial charge is 0.396 e. The van der Waals surface area contributed by atoms with Gasteiger partial charge in [-0.3, -0.25) is 24.3 Å². The molecule has 0 N–H and O–H groups in total. The SMILES string of the molecule is Cn1c2[n+](c3c1cn1ccncc31)Cc1ccccc1-2.[2H]C([2H])([2H])[n+]1c2n(c3cn4cnccc4c31)Cc1ccccc1-2.c1ccc(-n2c3[n+](c4c2cn2ccncc42)Cc2ccccc2-3)cc1.c1ccc2c(c1)C[n+]1c-2oc2cn3ccncc3c21.c1ccc2c(c1)C[n+]1c-2sc2cn3ccncc3c21. The van der Waals surface area contributed by atoms with E-state index in [1.54, 1.807) is 18.7 Å². The Hall–Kier alpha value is -13.5. The van der Waals surface area contributed by atoms with Gasteiger partial charge in [-0.25, -0.2) is 27.8 Å². The van der Waals surface area contributed by atoms with Crippen LogP contribution in [0.25, 0.3) is 144 Å². The molecule has 0 bridgehead atoms. The molecule has 0 radical (unpaired) electrons. The summed E-state index contributed by atoms with van der Waals surface area (Å²) in [5, 5.41) is 1.37. The zero-order valence-corrected chi connectivity index (χ0v) is 56.2. The number of aromatic nitrogens is 18. The Morgan fingerprint density at radius 3 is 1.58 bits per heavy atom. The summed E-state index contributed by atoms with van der Waals surface area (Å²) in [6.07, 6.45) is 36.9. The summed E-state index contributed by atoms with van der Waals surface area (Å²) in [5.41, 5.74) is 29.4. The summed E-state index contributed by atoms with van der Waals surface area (Å²) in [6.45, 7) is 2.12. The number of nitrogens with zero attached hydrogens (tertiary/aromatic N) is 18. The Morgan fingerprint density at radius 1 is 0.398 bits per heavy atom. The Kier molecular flexibility index (Phi) is 11.6. The van der Waals surface area contributed by atoms with Gasteiger partial charge < -0.3 is 22.0 Å². The first-order valence-corrected chi connectivity index (χ1v) is 35.1. The molecule has 5 aliphatic heterocycles. The summed E-state index contributed by atoms with van der Waals surface area (Å²) in [6, 6.07) is 54.8. The van der Waals surface area contributed by atoms with E-state index in [4.69, 9.17) is 8.53 Å². The van der Waals surface area contributed by atoms with E-state index in [0.717, 1.165) is 93.2 Å². The third kappa shape index (κ3) is 8.43.